The van der Waals surface area contributed by atoms with Crippen LogP contribution in [0, 0.1) is 12.7 Å². The summed E-state index contributed by atoms with van der Waals surface area (Å²) in [7, 11) is 0. The first kappa shape index (κ1) is 12.8. The van der Waals surface area contributed by atoms with Gasteiger partial charge in [0.1, 0.15) is 5.82 Å². The minimum absolute atomic E-state index is 0.156. The number of nitrogens with one attached hydrogen (secondary N) is 1. The first-order chi connectivity index (χ1) is 8.60. The van der Waals surface area contributed by atoms with Crippen LogP contribution in [0.5, 0.6) is 0 Å². The number of halogens is 1. The molecular weight excluding hydrogens is 251 g/mol. The number of aryl methyl sites for hydroxylation is 1. The van der Waals surface area contributed by atoms with E-state index >= 15 is 0 Å². The van der Waals surface area contributed by atoms with Crippen LogP contribution in [0.1, 0.15) is 16.8 Å². The number of aromatic amines is 1. The summed E-state index contributed by atoms with van der Waals surface area (Å²) in [5.74, 6) is -0.296. The number of hydrogen-bond donors (Lipinski definition) is 1. The summed E-state index contributed by atoms with van der Waals surface area (Å²) in [6.07, 6.45) is 2.24. The van der Waals surface area contributed by atoms with Crippen LogP contribution in [-0.4, -0.2) is 16.2 Å². The second-order valence-corrected chi connectivity index (χ2v) is 4.74. The summed E-state index contributed by atoms with van der Waals surface area (Å²) in [5, 5.41) is 0.598. The minimum atomic E-state index is -0.296. The van der Waals surface area contributed by atoms with E-state index in [9.17, 15) is 9.18 Å². The summed E-state index contributed by atoms with van der Waals surface area (Å²) >= 11 is 1.39. The van der Waals surface area contributed by atoms with Crippen LogP contribution in [0.2, 0.25) is 0 Å². The van der Waals surface area contributed by atoms with E-state index in [4.69, 9.17) is 0 Å². The van der Waals surface area contributed by atoms with Gasteiger partial charge in [0, 0.05) is 17.7 Å². The SMILES string of the molecule is CSc1nc(C)c(Cc2cccc(F)c2)c(=O)[nH]1. The molecule has 1 aromatic heterocycles. The van der Waals surface area contributed by atoms with Gasteiger partial charge in [-0.3, -0.25) is 4.79 Å². The predicted octanol–water partition coefficient (Wildman–Crippen LogP) is 2.53. The molecule has 94 valence electrons. The van der Waals surface area contributed by atoms with Gasteiger partial charge < -0.3 is 4.98 Å². The monoisotopic (exact) mass is 264 g/mol. The number of aromatic nitrogens is 2. The second kappa shape index (κ2) is 5.35. The quantitative estimate of drug-likeness (QED) is 0.684. The molecule has 1 N–H and O–H groups in total. The molecule has 3 nitrogen and oxygen atoms in total. The van der Waals surface area contributed by atoms with Gasteiger partial charge in [-0.15, -0.1) is 0 Å². The van der Waals surface area contributed by atoms with Crippen LogP contribution in [0.15, 0.2) is 34.2 Å². The largest absolute Gasteiger partial charge is 0.301 e. The lowest BCUT2D eigenvalue weighted by atomic mass is 10.1. The summed E-state index contributed by atoms with van der Waals surface area (Å²) < 4.78 is 13.1. The van der Waals surface area contributed by atoms with Gasteiger partial charge in [0.15, 0.2) is 5.16 Å². The number of thioether (sulfide) groups is 1. The Morgan fingerprint density at radius 1 is 1.44 bits per heavy atom. The van der Waals surface area contributed by atoms with Gasteiger partial charge in [-0.1, -0.05) is 23.9 Å². The Hall–Kier alpha value is -1.62. The number of hydrogen-bond acceptors (Lipinski definition) is 3. The van der Waals surface area contributed by atoms with E-state index in [0.717, 1.165) is 5.56 Å². The Morgan fingerprint density at radius 3 is 2.83 bits per heavy atom. The predicted molar refractivity (Wildman–Crippen MR) is 70.6 cm³/mol. The van der Waals surface area contributed by atoms with Gasteiger partial charge in [0.2, 0.25) is 0 Å². The summed E-state index contributed by atoms with van der Waals surface area (Å²) in [6.45, 7) is 1.80. The van der Waals surface area contributed by atoms with Crippen molar-refractivity contribution in [1.29, 1.82) is 0 Å². The Bertz CT molecular complexity index is 625. The molecule has 0 spiro atoms. The fourth-order valence-corrected chi connectivity index (χ4v) is 2.16. The highest BCUT2D eigenvalue weighted by molar-refractivity contribution is 7.98. The van der Waals surface area contributed by atoms with Crippen LogP contribution in [0.4, 0.5) is 4.39 Å². The third-order valence-corrected chi connectivity index (χ3v) is 3.24. The lowest BCUT2D eigenvalue weighted by Crippen LogP contribution is -2.17. The maximum absolute atomic E-state index is 13.1. The van der Waals surface area contributed by atoms with Gasteiger partial charge >= 0.3 is 0 Å². The molecule has 0 radical (unpaired) electrons. The van der Waals surface area contributed by atoms with E-state index in [2.05, 4.69) is 9.97 Å². The van der Waals surface area contributed by atoms with Crippen LogP contribution in [-0.2, 0) is 6.42 Å². The van der Waals surface area contributed by atoms with Crippen molar-refractivity contribution >= 4 is 11.8 Å². The fourth-order valence-electron chi connectivity index (χ4n) is 1.74. The third-order valence-electron chi connectivity index (χ3n) is 2.66. The molecule has 0 aliphatic heterocycles. The van der Waals surface area contributed by atoms with Crippen LogP contribution < -0.4 is 5.56 Å². The normalized spacial score (nSPS) is 10.6. The zero-order chi connectivity index (χ0) is 13.1. The van der Waals surface area contributed by atoms with E-state index < -0.39 is 0 Å². The van der Waals surface area contributed by atoms with Crippen molar-refractivity contribution in [2.24, 2.45) is 0 Å². The summed E-state index contributed by atoms with van der Waals surface area (Å²) in [6, 6.07) is 6.25. The van der Waals surface area contributed by atoms with Gasteiger partial charge in [-0.2, -0.15) is 0 Å². The maximum atomic E-state index is 13.1. The zero-order valence-electron chi connectivity index (χ0n) is 10.2. The van der Waals surface area contributed by atoms with Crippen molar-refractivity contribution in [3.63, 3.8) is 0 Å². The minimum Gasteiger partial charge on any atom is -0.301 e. The third kappa shape index (κ3) is 2.79. The Kier molecular flexibility index (Phi) is 3.81. The highest BCUT2D eigenvalue weighted by Gasteiger charge is 2.09. The Balaban J connectivity index is 2.38. The molecule has 1 heterocycles. The number of benzene rings is 1. The molecule has 1 aromatic carbocycles. The lowest BCUT2D eigenvalue weighted by molar-refractivity contribution is 0.626. The van der Waals surface area contributed by atoms with Crippen molar-refractivity contribution in [2.75, 3.05) is 6.26 Å². The smallest absolute Gasteiger partial charge is 0.255 e. The van der Waals surface area contributed by atoms with Crippen LogP contribution >= 0.6 is 11.8 Å². The molecular formula is C13H13FN2OS. The van der Waals surface area contributed by atoms with E-state index in [-0.39, 0.29) is 11.4 Å². The summed E-state index contributed by atoms with van der Waals surface area (Å²) in [4.78, 5) is 18.9. The van der Waals surface area contributed by atoms with Crippen molar-refractivity contribution in [2.45, 2.75) is 18.5 Å². The molecule has 0 atom stereocenters. The highest BCUT2D eigenvalue weighted by atomic mass is 32.2. The fraction of sp³-hybridized carbons (Fsp3) is 0.231. The Morgan fingerprint density at radius 2 is 2.22 bits per heavy atom. The molecule has 0 saturated heterocycles. The van der Waals surface area contributed by atoms with Crippen molar-refractivity contribution in [1.82, 2.24) is 9.97 Å². The lowest BCUT2D eigenvalue weighted by Gasteiger charge is -2.06. The van der Waals surface area contributed by atoms with Crippen molar-refractivity contribution < 1.29 is 4.39 Å². The topological polar surface area (TPSA) is 45.8 Å². The molecule has 0 unspecified atom stereocenters. The molecule has 2 aromatic rings. The van der Waals surface area contributed by atoms with Gasteiger partial charge in [0.05, 0.1) is 0 Å². The molecule has 2 rings (SSSR count). The van der Waals surface area contributed by atoms with Gasteiger partial charge in [-0.05, 0) is 30.9 Å². The summed E-state index contributed by atoms with van der Waals surface area (Å²) in [5.41, 5.74) is 1.88. The first-order valence-corrected chi connectivity index (χ1v) is 6.71. The van der Waals surface area contributed by atoms with E-state index in [1.165, 1.54) is 23.9 Å². The number of rotatable bonds is 3. The molecule has 0 amide bonds. The first-order valence-electron chi connectivity index (χ1n) is 5.48. The van der Waals surface area contributed by atoms with Gasteiger partial charge in [-0.25, -0.2) is 9.37 Å². The van der Waals surface area contributed by atoms with Crippen molar-refractivity contribution in [3.05, 3.63) is 57.3 Å². The van der Waals surface area contributed by atoms with E-state index in [1.807, 2.05) is 6.26 Å². The van der Waals surface area contributed by atoms with Crippen LogP contribution in [0.3, 0.4) is 0 Å². The Labute approximate surface area is 108 Å². The molecule has 0 aliphatic carbocycles. The van der Waals surface area contributed by atoms with E-state index in [1.54, 1.807) is 19.1 Å². The standard InChI is InChI=1S/C13H13FN2OS/c1-8-11(12(17)16-13(15-8)18-2)7-9-4-3-5-10(14)6-9/h3-6H,7H2,1-2H3,(H,15,16,17). The van der Waals surface area contributed by atoms with E-state index in [0.29, 0.717) is 22.8 Å². The molecule has 0 bridgehead atoms. The zero-order valence-corrected chi connectivity index (χ0v) is 11.0. The highest BCUT2D eigenvalue weighted by Crippen LogP contribution is 2.12. The molecule has 5 heteroatoms. The van der Waals surface area contributed by atoms with Crippen LogP contribution in [0.25, 0.3) is 0 Å². The second-order valence-electron chi connectivity index (χ2n) is 3.95. The maximum Gasteiger partial charge on any atom is 0.255 e. The average molecular weight is 264 g/mol. The van der Waals surface area contributed by atoms with Gasteiger partial charge in [0.25, 0.3) is 5.56 Å². The molecule has 18 heavy (non-hydrogen) atoms. The average Bonchev–Trinajstić information content (AvgIpc) is 2.33. The molecule has 0 aliphatic rings. The van der Waals surface area contributed by atoms with Crippen molar-refractivity contribution in [3.8, 4) is 0 Å². The number of H-pyrrole nitrogens is 1. The molecule has 0 saturated carbocycles. The molecule has 0 fully saturated rings. The number of nitrogens with zero attached hydrogens (tertiary/aromatic N) is 1.